The topological polar surface area (TPSA) is 134 Å². The summed E-state index contributed by atoms with van der Waals surface area (Å²) in [6.07, 6.45) is 2.62. The predicted octanol–water partition coefficient (Wildman–Crippen LogP) is 5.00. The highest BCUT2D eigenvalue weighted by Crippen LogP contribution is 2.37. The van der Waals surface area contributed by atoms with Gasteiger partial charge in [0.2, 0.25) is 11.3 Å². The van der Waals surface area contributed by atoms with Gasteiger partial charge in [-0.05, 0) is 42.3 Å². The Bertz CT molecular complexity index is 2160. The van der Waals surface area contributed by atoms with Gasteiger partial charge in [0.1, 0.15) is 23.4 Å². The molecule has 5 aromatic rings. The van der Waals surface area contributed by atoms with E-state index < -0.39 is 35.1 Å². The van der Waals surface area contributed by atoms with Crippen molar-refractivity contribution in [1.29, 1.82) is 0 Å². The lowest BCUT2D eigenvalue weighted by Crippen LogP contribution is -2.53. The summed E-state index contributed by atoms with van der Waals surface area (Å²) < 4.78 is 52.9. The molecule has 2 aliphatic heterocycles. The van der Waals surface area contributed by atoms with E-state index in [1.54, 1.807) is 17.0 Å². The second-order valence-corrected chi connectivity index (χ2v) is 11.0. The minimum Gasteiger partial charge on any atom is -0.493 e. The van der Waals surface area contributed by atoms with E-state index in [1.807, 2.05) is 0 Å². The zero-order chi connectivity index (χ0) is 33.5. The number of pyridine rings is 1. The molecule has 1 fully saturated rings. The monoisotopic (exact) mass is 655 g/mol. The van der Waals surface area contributed by atoms with E-state index in [2.05, 4.69) is 15.3 Å². The summed E-state index contributed by atoms with van der Waals surface area (Å²) in [5.74, 6) is -1.91. The Kier molecular flexibility index (Phi) is 7.93. The second kappa shape index (κ2) is 12.4. The van der Waals surface area contributed by atoms with Crippen molar-refractivity contribution in [2.24, 2.45) is 0 Å². The lowest BCUT2D eigenvalue weighted by Gasteiger charge is -2.41. The number of nitrogens with zero attached hydrogens (tertiary/aromatic N) is 4. The van der Waals surface area contributed by atoms with E-state index >= 15 is 4.39 Å². The molecule has 1 unspecified atom stereocenters. The molecule has 12 nitrogen and oxygen atoms in total. The molecule has 14 heteroatoms. The number of halogens is 2. The zero-order valence-corrected chi connectivity index (χ0v) is 25.7. The summed E-state index contributed by atoms with van der Waals surface area (Å²) in [6, 6.07) is 12.1. The first-order valence-electron chi connectivity index (χ1n) is 14.9. The van der Waals surface area contributed by atoms with Gasteiger partial charge in [-0.15, -0.1) is 0 Å². The van der Waals surface area contributed by atoms with E-state index in [1.165, 1.54) is 67.7 Å². The highest BCUT2D eigenvalue weighted by molar-refractivity contribution is 6.07. The Morgan fingerprint density at radius 1 is 0.979 bits per heavy atom. The minimum absolute atomic E-state index is 0.0344. The molecular weight excluding hydrogens is 628 g/mol. The number of aromatic nitrogens is 3. The number of hydrogen-bond acceptors (Lipinski definition) is 9. The molecule has 1 N–H and O–H groups in total. The van der Waals surface area contributed by atoms with Crippen LogP contribution in [0.25, 0.3) is 22.0 Å². The summed E-state index contributed by atoms with van der Waals surface area (Å²) in [6.45, 7) is 1.08. The van der Waals surface area contributed by atoms with E-state index in [4.69, 9.17) is 18.9 Å². The lowest BCUT2D eigenvalue weighted by molar-refractivity contribution is -0.0916. The van der Waals surface area contributed by atoms with Crippen molar-refractivity contribution in [2.45, 2.75) is 19.2 Å². The molecule has 1 atom stereocenters. The zero-order valence-electron chi connectivity index (χ0n) is 25.7. The van der Waals surface area contributed by atoms with Crippen molar-refractivity contribution in [2.75, 3.05) is 32.7 Å². The molecule has 2 aliphatic rings. The Hall–Kier alpha value is -5.89. The fraction of sp³-hybridized carbons (Fsp3) is 0.206. The second-order valence-electron chi connectivity index (χ2n) is 11.0. The van der Waals surface area contributed by atoms with Gasteiger partial charge in [0.05, 0.1) is 43.8 Å². The molecule has 0 spiro atoms. The van der Waals surface area contributed by atoms with Gasteiger partial charge in [-0.3, -0.25) is 14.4 Å². The Balaban J connectivity index is 1.20. The molecule has 0 bridgehead atoms. The van der Waals surface area contributed by atoms with Gasteiger partial charge < -0.3 is 33.7 Å². The molecule has 4 heterocycles. The number of carbonyl (C=O) groups is 2. The summed E-state index contributed by atoms with van der Waals surface area (Å²) in [5, 5.41) is 3.00. The molecular formula is C34H27F2N5O7. The molecule has 0 radical (unpaired) electrons. The summed E-state index contributed by atoms with van der Waals surface area (Å²) >= 11 is 0. The highest BCUT2D eigenvalue weighted by Gasteiger charge is 2.38. The molecule has 2 amide bonds. The number of carbonyl (C=O) groups excluding carboxylic acids is 2. The number of amides is 2. The van der Waals surface area contributed by atoms with Crippen LogP contribution in [-0.2, 0) is 11.3 Å². The molecule has 3 aromatic carbocycles. The first-order valence-corrected chi connectivity index (χ1v) is 14.9. The van der Waals surface area contributed by atoms with Crippen LogP contribution in [0.15, 0.2) is 71.9 Å². The van der Waals surface area contributed by atoms with Gasteiger partial charge in [0.25, 0.3) is 11.8 Å². The van der Waals surface area contributed by atoms with Crippen molar-refractivity contribution < 1.29 is 37.3 Å². The number of hydrogen-bond donors (Lipinski definition) is 1. The summed E-state index contributed by atoms with van der Waals surface area (Å²) in [4.78, 5) is 51.0. The van der Waals surface area contributed by atoms with Crippen LogP contribution < -0.4 is 25.0 Å². The average Bonchev–Trinajstić information content (AvgIpc) is 3.09. The SMILES string of the molecule is COc1cc2ncnc(Oc3ccc(NC(=O)c4cn5c(c(-c6ccc(F)cc6)c4=O)C(=O)N4CCCOC4C5)cc3F)c2cc1OC. The molecule has 0 aliphatic carbocycles. The quantitative estimate of drug-likeness (QED) is 0.257. The Morgan fingerprint density at radius 2 is 1.75 bits per heavy atom. The van der Waals surface area contributed by atoms with Crippen LogP contribution in [0, 0.1) is 11.6 Å². The highest BCUT2D eigenvalue weighted by atomic mass is 19.1. The van der Waals surface area contributed by atoms with Crippen molar-refractivity contribution >= 4 is 28.4 Å². The number of rotatable bonds is 7. The van der Waals surface area contributed by atoms with Gasteiger partial charge >= 0.3 is 0 Å². The average molecular weight is 656 g/mol. The number of anilines is 1. The summed E-state index contributed by atoms with van der Waals surface area (Å²) in [5.41, 5.74) is -0.227. The fourth-order valence-electron chi connectivity index (χ4n) is 5.87. The third kappa shape index (κ3) is 5.45. The molecule has 7 rings (SSSR count). The molecule has 48 heavy (non-hydrogen) atoms. The summed E-state index contributed by atoms with van der Waals surface area (Å²) in [7, 11) is 2.96. The van der Waals surface area contributed by atoms with Gasteiger partial charge in [-0.25, -0.2) is 18.7 Å². The third-order valence-corrected chi connectivity index (χ3v) is 8.18. The Labute approximate surface area is 271 Å². The van der Waals surface area contributed by atoms with Crippen LogP contribution in [0.4, 0.5) is 14.5 Å². The maximum atomic E-state index is 15.4. The van der Waals surface area contributed by atoms with Crippen molar-refractivity contribution in [1.82, 2.24) is 19.4 Å². The third-order valence-electron chi connectivity index (χ3n) is 8.18. The van der Waals surface area contributed by atoms with E-state index in [0.29, 0.717) is 42.0 Å². The van der Waals surface area contributed by atoms with Gasteiger partial charge in [-0.1, -0.05) is 12.1 Å². The van der Waals surface area contributed by atoms with Crippen LogP contribution in [-0.4, -0.2) is 64.8 Å². The predicted molar refractivity (Wildman–Crippen MR) is 169 cm³/mol. The number of fused-ring (bicyclic) bond motifs is 3. The largest absolute Gasteiger partial charge is 0.493 e. The number of methoxy groups -OCH3 is 2. The smallest absolute Gasteiger partial charge is 0.273 e. The van der Waals surface area contributed by atoms with Crippen molar-refractivity contribution in [3.05, 3.63) is 100 Å². The number of benzene rings is 3. The standard InChI is InChI=1S/C34H27F2N5O7/c1-45-26-13-21-24(14-27(26)46-2)37-17-38-33(21)48-25-9-8-20(12-23(25)36)39-32(43)22-15-40-16-28-41(10-3-11-47-28)34(44)30(40)29(31(22)42)18-4-6-19(35)7-5-18/h4-9,12-15,17,28H,3,10-11,16H2,1-2H3,(H,39,43). The van der Waals surface area contributed by atoms with E-state index in [9.17, 15) is 18.8 Å². The molecule has 244 valence electrons. The van der Waals surface area contributed by atoms with Crippen LogP contribution >= 0.6 is 0 Å². The maximum absolute atomic E-state index is 15.4. The molecule has 0 saturated carbocycles. The van der Waals surface area contributed by atoms with Crippen LogP contribution in [0.2, 0.25) is 0 Å². The molecule has 2 aromatic heterocycles. The lowest BCUT2D eigenvalue weighted by atomic mass is 9.98. The van der Waals surface area contributed by atoms with Crippen LogP contribution in [0.5, 0.6) is 23.1 Å². The number of ether oxygens (including phenoxy) is 4. The van der Waals surface area contributed by atoms with Gasteiger partial charge in [-0.2, -0.15) is 0 Å². The fourth-order valence-corrected chi connectivity index (χ4v) is 5.87. The first-order chi connectivity index (χ1) is 23.2. The van der Waals surface area contributed by atoms with Crippen molar-refractivity contribution in [3.63, 3.8) is 0 Å². The normalized spacial score (nSPS) is 15.5. The maximum Gasteiger partial charge on any atom is 0.273 e. The van der Waals surface area contributed by atoms with E-state index in [0.717, 1.165) is 6.07 Å². The Morgan fingerprint density at radius 3 is 2.50 bits per heavy atom. The van der Waals surface area contributed by atoms with Crippen molar-refractivity contribution in [3.8, 4) is 34.3 Å². The van der Waals surface area contributed by atoms with Crippen LogP contribution in [0.1, 0.15) is 27.3 Å². The first kappa shape index (κ1) is 30.7. The van der Waals surface area contributed by atoms with Gasteiger partial charge in [0, 0.05) is 30.6 Å². The molecule has 1 saturated heterocycles. The van der Waals surface area contributed by atoms with Gasteiger partial charge in [0.15, 0.2) is 29.3 Å². The minimum atomic E-state index is -0.839. The van der Waals surface area contributed by atoms with E-state index in [-0.39, 0.29) is 46.2 Å². The van der Waals surface area contributed by atoms with Crippen LogP contribution in [0.3, 0.4) is 0 Å². The number of nitrogens with one attached hydrogen (secondary N) is 1.